The Labute approximate surface area is 121 Å². The summed E-state index contributed by atoms with van der Waals surface area (Å²) >= 11 is 0. The van der Waals surface area contributed by atoms with Crippen LogP contribution in [0.15, 0.2) is 30.5 Å². The number of anilines is 2. The predicted octanol–water partition coefficient (Wildman–Crippen LogP) is 3.37. The summed E-state index contributed by atoms with van der Waals surface area (Å²) in [4.78, 5) is 14.4. The fraction of sp³-hybridized carbons (Fsp3) is 0.267. The van der Waals surface area contributed by atoms with E-state index in [9.17, 15) is 10.1 Å². The van der Waals surface area contributed by atoms with Gasteiger partial charge in [-0.05, 0) is 49.6 Å². The zero-order valence-electron chi connectivity index (χ0n) is 11.6. The van der Waals surface area contributed by atoms with Crippen LogP contribution in [0.25, 0.3) is 0 Å². The molecule has 21 heavy (non-hydrogen) atoms. The average molecular weight is 285 g/mol. The molecule has 0 amide bonds. The van der Waals surface area contributed by atoms with Crippen LogP contribution in [0, 0.1) is 17.0 Å². The lowest BCUT2D eigenvalue weighted by molar-refractivity contribution is -0.385. The molecular formula is C15H15N3O3. The minimum atomic E-state index is -0.428. The van der Waals surface area contributed by atoms with Crippen LogP contribution in [-0.2, 0) is 6.42 Å². The van der Waals surface area contributed by atoms with Gasteiger partial charge >= 0.3 is 0 Å². The number of nitrogens with one attached hydrogen (secondary N) is 1. The first-order valence-electron chi connectivity index (χ1n) is 6.77. The molecule has 0 atom stereocenters. The van der Waals surface area contributed by atoms with Gasteiger partial charge in [0.15, 0.2) is 0 Å². The van der Waals surface area contributed by atoms with Gasteiger partial charge in [0.05, 0.1) is 11.5 Å². The van der Waals surface area contributed by atoms with Crippen LogP contribution in [-0.4, -0.2) is 16.5 Å². The van der Waals surface area contributed by atoms with Crippen molar-refractivity contribution in [3.05, 3.63) is 51.7 Å². The Morgan fingerprint density at radius 1 is 1.38 bits per heavy atom. The first-order valence-corrected chi connectivity index (χ1v) is 6.77. The molecule has 1 aliphatic heterocycles. The van der Waals surface area contributed by atoms with Crippen LogP contribution in [0.1, 0.15) is 17.5 Å². The molecule has 3 rings (SSSR count). The van der Waals surface area contributed by atoms with E-state index < -0.39 is 4.92 Å². The van der Waals surface area contributed by atoms with Gasteiger partial charge in [-0.25, -0.2) is 4.98 Å². The maximum absolute atomic E-state index is 10.8. The van der Waals surface area contributed by atoms with Gasteiger partial charge in [-0.3, -0.25) is 10.1 Å². The standard InChI is InChI=1S/C15H15N3O3/c1-10-7-15(16-9-13(10)18(19)20)17-12-4-5-14-11(8-12)3-2-6-21-14/h4-5,7-9H,2-3,6H2,1H3,(H,16,17). The Morgan fingerprint density at radius 2 is 2.24 bits per heavy atom. The van der Waals surface area contributed by atoms with Crippen molar-refractivity contribution in [2.75, 3.05) is 11.9 Å². The van der Waals surface area contributed by atoms with Crippen molar-refractivity contribution in [3.63, 3.8) is 0 Å². The molecule has 1 N–H and O–H groups in total. The van der Waals surface area contributed by atoms with Crippen LogP contribution in [0.2, 0.25) is 0 Å². The molecular weight excluding hydrogens is 270 g/mol. The van der Waals surface area contributed by atoms with Gasteiger partial charge in [0.2, 0.25) is 0 Å². The highest BCUT2D eigenvalue weighted by atomic mass is 16.6. The third kappa shape index (κ3) is 2.79. The molecule has 0 spiro atoms. The highest BCUT2D eigenvalue weighted by Gasteiger charge is 2.13. The number of hydrogen-bond donors (Lipinski definition) is 1. The van der Waals surface area contributed by atoms with Crippen molar-refractivity contribution < 1.29 is 9.66 Å². The Kier molecular flexibility index (Phi) is 3.43. The van der Waals surface area contributed by atoms with Crippen molar-refractivity contribution >= 4 is 17.2 Å². The smallest absolute Gasteiger partial charge is 0.290 e. The quantitative estimate of drug-likeness (QED) is 0.691. The van der Waals surface area contributed by atoms with Gasteiger partial charge in [-0.1, -0.05) is 0 Å². The van der Waals surface area contributed by atoms with Crippen LogP contribution in [0.4, 0.5) is 17.2 Å². The number of ether oxygens (including phenoxy) is 1. The van der Waals surface area contributed by atoms with E-state index in [1.807, 2.05) is 18.2 Å². The lowest BCUT2D eigenvalue weighted by Gasteiger charge is -2.18. The van der Waals surface area contributed by atoms with Crippen molar-refractivity contribution in [2.45, 2.75) is 19.8 Å². The molecule has 1 aromatic heterocycles. The fourth-order valence-electron chi connectivity index (χ4n) is 2.39. The molecule has 2 aromatic rings. The Hall–Kier alpha value is -2.63. The second-order valence-electron chi connectivity index (χ2n) is 5.01. The van der Waals surface area contributed by atoms with E-state index in [-0.39, 0.29) is 5.69 Å². The third-order valence-corrected chi connectivity index (χ3v) is 3.46. The number of fused-ring (bicyclic) bond motifs is 1. The average Bonchev–Trinajstić information content (AvgIpc) is 2.47. The number of pyridine rings is 1. The number of nitro groups is 1. The summed E-state index contributed by atoms with van der Waals surface area (Å²) < 4.78 is 5.57. The topological polar surface area (TPSA) is 77.3 Å². The second kappa shape index (κ2) is 5.40. The van der Waals surface area contributed by atoms with Gasteiger partial charge < -0.3 is 10.1 Å². The molecule has 1 aliphatic rings. The summed E-state index contributed by atoms with van der Waals surface area (Å²) in [7, 11) is 0. The minimum absolute atomic E-state index is 0.0272. The van der Waals surface area contributed by atoms with Gasteiger partial charge in [0, 0.05) is 11.3 Å². The second-order valence-corrected chi connectivity index (χ2v) is 5.01. The lowest BCUT2D eigenvalue weighted by atomic mass is 10.1. The van der Waals surface area contributed by atoms with E-state index >= 15 is 0 Å². The van der Waals surface area contributed by atoms with E-state index in [0.29, 0.717) is 11.4 Å². The van der Waals surface area contributed by atoms with Gasteiger partial charge in [-0.15, -0.1) is 0 Å². The summed E-state index contributed by atoms with van der Waals surface area (Å²) in [6, 6.07) is 7.57. The molecule has 6 heteroatoms. The molecule has 0 radical (unpaired) electrons. The summed E-state index contributed by atoms with van der Waals surface area (Å²) in [5, 5.41) is 14.0. The fourth-order valence-corrected chi connectivity index (χ4v) is 2.39. The van der Waals surface area contributed by atoms with Crippen LogP contribution >= 0.6 is 0 Å². The first-order chi connectivity index (χ1) is 10.1. The normalized spacial score (nSPS) is 13.2. The van der Waals surface area contributed by atoms with E-state index in [1.54, 1.807) is 13.0 Å². The zero-order valence-corrected chi connectivity index (χ0v) is 11.6. The lowest BCUT2D eigenvalue weighted by Crippen LogP contribution is -2.08. The molecule has 0 saturated carbocycles. The van der Waals surface area contributed by atoms with E-state index in [1.165, 1.54) is 11.8 Å². The Morgan fingerprint density at radius 3 is 3.00 bits per heavy atom. The van der Waals surface area contributed by atoms with E-state index in [4.69, 9.17) is 4.74 Å². The number of rotatable bonds is 3. The zero-order chi connectivity index (χ0) is 14.8. The highest BCUT2D eigenvalue weighted by Crippen LogP contribution is 2.29. The van der Waals surface area contributed by atoms with Gasteiger partial charge in [0.1, 0.15) is 17.8 Å². The maximum Gasteiger partial charge on any atom is 0.290 e. The van der Waals surface area contributed by atoms with Crippen molar-refractivity contribution in [1.29, 1.82) is 0 Å². The largest absolute Gasteiger partial charge is 0.493 e. The summed E-state index contributed by atoms with van der Waals surface area (Å²) in [6.07, 6.45) is 3.29. The van der Waals surface area contributed by atoms with Gasteiger partial charge in [0.25, 0.3) is 5.69 Å². The number of hydrogen-bond acceptors (Lipinski definition) is 5. The van der Waals surface area contributed by atoms with Crippen molar-refractivity contribution in [1.82, 2.24) is 4.98 Å². The van der Waals surface area contributed by atoms with E-state index in [0.717, 1.165) is 30.9 Å². The molecule has 1 aromatic carbocycles. The first kappa shape index (κ1) is 13.4. The van der Waals surface area contributed by atoms with E-state index in [2.05, 4.69) is 10.3 Å². The molecule has 108 valence electrons. The number of aromatic nitrogens is 1. The Balaban J connectivity index is 1.83. The summed E-state index contributed by atoms with van der Waals surface area (Å²) in [5.41, 5.74) is 2.68. The minimum Gasteiger partial charge on any atom is -0.493 e. The Bertz CT molecular complexity index is 701. The highest BCUT2D eigenvalue weighted by molar-refractivity contribution is 5.61. The number of aryl methyl sites for hydroxylation is 2. The number of nitrogens with zero attached hydrogens (tertiary/aromatic N) is 2. The molecule has 0 fully saturated rings. The molecule has 2 heterocycles. The molecule has 0 saturated heterocycles. The van der Waals surface area contributed by atoms with Crippen LogP contribution < -0.4 is 10.1 Å². The molecule has 0 aliphatic carbocycles. The summed E-state index contributed by atoms with van der Waals surface area (Å²) in [6.45, 7) is 2.47. The van der Waals surface area contributed by atoms with Crippen molar-refractivity contribution in [3.8, 4) is 5.75 Å². The monoisotopic (exact) mass is 285 g/mol. The third-order valence-electron chi connectivity index (χ3n) is 3.46. The molecule has 0 bridgehead atoms. The number of benzene rings is 1. The van der Waals surface area contributed by atoms with Crippen molar-refractivity contribution in [2.24, 2.45) is 0 Å². The van der Waals surface area contributed by atoms with Crippen LogP contribution in [0.3, 0.4) is 0 Å². The molecule has 6 nitrogen and oxygen atoms in total. The SMILES string of the molecule is Cc1cc(Nc2ccc3c(c2)CCCO3)ncc1[N+](=O)[O-]. The summed E-state index contributed by atoms with van der Waals surface area (Å²) in [5.74, 6) is 1.52. The van der Waals surface area contributed by atoms with Gasteiger partial charge in [-0.2, -0.15) is 0 Å². The maximum atomic E-state index is 10.8. The van der Waals surface area contributed by atoms with Crippen LogP contribution in [0.5, 0.6) is 5.75 Å². The molecule has 0 unspecified atom stereocenters. The predicted molar refractivity (Wildman–Crippen MR) is 79.2 cm³/mol.